The quantitative estimate of drug-likeness (QED) is 0.889. The number of amides is 1. The largest absolute Gasteiger partial charge is 0.346 e. The Kier molecular flexibility index (Phi) is 2.09. The molecule has 1 unspecified atom stereocenters. The number of nitrogens with one attached hydrogen (secondary N) is 1. The maximum Gasteiger partial charge on any atom is 0.252 e. The molecule has 1 heterocycles. The Morgan fingerprint density at radius 1 is 1.32 bits per heavy atom. The lowest BCUT2D eigenvalue weighted by molar-refractivity contribution is -0.117. The van der Waals surface area contributed by atoms with Gasteiger partial charge < -0.3 is 5.32 Å². The zero-order valence-corrected chi connectivity index (χ0v) is 10.3. The number of carbonyl (C=O) groups excluding carboxylic acids is 1. The van der Waals surface area contributed by atoms with Gasteiger partial charge in [-0.3, -0.25) is 9.78 Å². The molecule has 1 amide bonds. The summed E-state index contributed by atoms with van der Waals surface area (Å²) in [5.41, 5.74) is 5.37. The number of rotatable bonds is 3. The van der Waals surface area contributed by atoms with Gasteiger partial charge in [0.15, 0.2) is 0 Å². The lowest BCUT2D eigenvalue weighted by atomic mass is 10.0. The van der Waals surface area contributed by atoms with Gasteiger partial charge in [-0.1, -0.05) is 18.2 Å². The van der Waals surface area contributed by atoms with Crippen molar-refractivity contribution in [3.05, 3.63) is 76.7 Å². The van der Waals surface area contributed by atoms with Crippen molar-refractivity contribution in [2.24, 2.45) is 5.92 Å². The molecule has 1 N–H and O–H groups in total. The molecule has 0 spiro atoms. The van der Waals surface area contributed by atoms with E-state index in [1.165, 1.54) is 11.1 Å². The lowest BCUT2D eigenvalue weighted by Crippen LogP contribution is -2.25. The molecule has 3 nitrogen and oxygen atoms in total. The van der Waals surface area contributed by atoms with Gasteiger partial charge in [0.2, 0.25) is 0 Å². The topological polar surface area (TPSA) is 42.0 Å². The molecule has 0 saturated heterocycles. The summed E-state index contributed by atoms with van der Waals surface area (Å²) in [6, 6.07) is 5.69. The molecule has 0 aliphatic heterocycles. The van der Waals surface area contributed by atoms with Crippen LogP contribution in [-0.4, -0.2) is 10.9 Å². The summed E-state index contributed by atoms with van der Waals surface area (Å²) in [6.45, 7) is 0.464. The van der Waals surface area contributed by atoms with Crippen LogP contribution in [0.2, 0.25) is 0 Å². The van der Waals surface area contributed by atoms with E-state index in [1.54, 1.807) is 6.20 Å². The minimum Gasteiger partial charge on any atom is -0.346 e. The van der Waals surface area contributed by atoms with Crippen LogP contribution in [-0.2, 0) is 11.3 Å². The predicted octanol–water partition coefficient (Wildman–Crippen LogP) is 2.06. The first kappa shape index (κ1) is 10.5. The second-order valence-corrected chi connectivity index (χ2v) is 4.91. The van der Waals surface area contributed by atoms with E-state index in [9.17, 15) is 4.79 Å². The van der Waals surface area contributed by atoms with Crippen LogP contribution in [0.15, 0.2) is 71.0 Å². The summed E-state index contributed by atoms with van der Waals surface area (Å²) in [5, 5.41) is 2.92. The molecule has 0 fully saturated rings. The second kappa shape index (κ2) is 3.79. The fourth-order valence-electron chi connectivity index (χ4n) is 2.63. The molecule has 1 atom stereocenters. The van der Waals surface area contributed by atoms with Gasteiger partial charge in [-0.2, -0.15) is 0 Å². The first-order chi connectivity index (χ1) is 9.33. The van der Waals surface area contributed by atoms with Crippen LogP contribution in [0, 0.1) is 5.92 Å². The number of hydrogen-bond acceptors (Lipinski definition) is 2. The monoisotopic (exact) mass is 248 g/mol. The van der Waals surface area contributed by atoms with Gasteiger partial charge in [-0.15, -0.1) is 0 Å². The van der Waals surface area contributed by atoms with E-state index in [0.29, 0.717) is 12.5 Å². The number of allylic oxidation sites excluding steroid dienone is 6. The molecule has 0 radical (unpaired) electrons. The maximum absolute atomic E-state index is 12.2. The molecule has 1 aromatic rings. The van der Waals surface area contributed by atoms with Gasteiger partial charge in [0, 0.05) is 17.7 Å². The smallest absolute Gasteiger partial charge is 0.252 e. The summed E-state index contributed by atoms with van der Waals surface area (Å²) in [5.74, 6) is 0.470. The van der Waals surface area contributed by atoms with Crippen LogP contribution >= 0.6 is 0 Å². The minimum absolute atomic E-state index is 0.0231. The van der Waals surface area contributed by atoms with Crippen LogP contribution in [0.3, 0.4) is 0 Å². The SMILES string of the molecule is O=C(NCc1ccccn1)C1=CC=C2C1=CC1=CC12. The van der Waals surface area contributed by atoms with Crippen molar-refractivity contribution in [1.82, 2.24) is 10.3 Å². The summed E-state index contributed by atoms with van der Waals surface area (Å²) in [4.78, 5) is 16.4. The maximum atomic E-state index is 12.2. The number of pyridine rings is 1. The number of aromatic nitrogens is 1. The highest BCUT2D eigenvalue weighted by atomic mass is 16.1. The standard InChI is InChI=1S/C16H12N2O/c19-16(18-9-11-3-1-2-6-17-11)13-5-4-12-14-7-10(14)8-15(12)13/h1-8,14H,9H2,(H,18,19). The number of carbonyl (C=O) groups is 1. The Morgan fingerprint density at radius 3 is 3.11 bits per heavy atom. The van der Waals surface area contributed by atoms with Gasteiger partial charge in [0.05, 0.1) is 12.2 Å². The summed E-state index contributed by atoms with van der Waals surface area (Å²) in [7, 11) is 0. The van der Waals surface area contributed by atoms with Crippen molar-refractivity contribution in [3.63, 3.8) is 0 Å². The van der Waals surface area contributed by atoms with Crippen LogP contribution in [0.25, 0.3) is 0 Å². The van der Waals surface area contributed by atoms with Gasteiger partial charge in [0.1, 0.15) is 0 Å². The minimum atomic E-state index is -0.0231. The van der Waals surface area contributed by atoms with Crippen molar-refractivity contribution >= 4 is 5.91 Å². The average Bonchev–Trinajstić information content (AvgIpc) is 2.93. The molecule has 3 heteroatoms. The third-order valence-corrected chi connectivity index (χ3v) is 3.69. The van der Waals surface area contributed by atoms with Crippen molar-refractivity contribution in [3.8, 4) is 0 Å². The van der Waals surface area contributed by atoms with E-state index >= 15 is 0 Å². The Bertz CT molecular complexity index is 693. The molecule has 3 aliphatic rings. The highest BCUT2D eigenvalue weighted by Gasteiger charge is 2.39. The normalized spacial score (nSPS) is 21.8. The summed E-state index contributed by atoms with van der Waals surface area (Å²) in [6.07, 6.45) is 10.0. The zero-order valence-electron chi connectivity index (χ0n) is 10.3. The summed E-state index contributed by atoms with van der Waals surface area (Å²) < 4.78 is 0. The Morgan fingerprint density at radius 2 is 2.26 bits per heavy atom. The first-order valence-electron chi connectivity index (χ1n) is 6.37. The van der Waals surface area contributed by atoms with Crippen LogP contribution in [0.5, 0.6) is 0 Å². The molecule has 0 saturated carbocycles. The highest BCUT2D eigenvalue weighted by Crippen LogP contribution is 2.51. The number of hydrogen-bond donors (Lipinski definition) is 1. The van der Waals surface area contributed by atoms with Gasteiger partial charge >= 0.3 is 0 Å². The molecule has 3 aliphatic carbocycles. The molecular weight excluding hydrogens is 236 g/mol. The van der Waals surface area contributed by atoms with E-state index in [1.807, 2.05) is 24.3 Å². The van der Waals surface area contributed by atoms with Crippen LogP contribution < -0.4 is 5.32 Å². The van der Waals surface area contributed by atoms with E-state index in [0.717, 1.165) is 16.8 Å². The van der Waals surface area contributed by atoms with Gasteiger partial charge in [0.25, 0.3) is 5.91 Å². The fourth-order valence-corrected chi connectivity index (χ4v) is 2.63. The molecule has 19 heavy (non-hydrogen) atoms. The Balaban J connectivity index is 1.45. The van der Waals surface area contributed by atoms with Gasteiger partial charge in [-0.05, 0) is 41.0 Å². The van der Waals surface area contributed by atoms with Crippen LogP contribution in [0.4, 0.5) is 0 Å². The highest BCUT2D eigenvalue weighted by molar-refractivity contribution is 6.02. The van der Waals surface area contributed by atoms with Gasteiger partial charge in [-0.25, -0.2) is 0 Å². The molecular formula is C16H12N2O. The fraction of sp³-hybridized carbons (Fsp3) is 0.125. The first-order valence-corrected chi connectivity index (χ1v) is 6.37. The zero-order chi connectivity index (χ0) is 12.8. The van der Waals surface area contributed by atoms with E-state index in [4.69, 9.17) is 0 Å². The number of nitrogens with zero attached hydrogens (tertiary/aromatic N) is 1. The number of fused-ring (bicyclic) bond motifs is 3. The van der Waals surface area contributed by atoms with Crippen molar-refractivity contribution in [2.75, 3.05) is 0 Å². The third-order valence-electron chi connectivity index (χ3n) is 3.69. The van der Waals surface area contributed by atoms with E-state index in [-0.39, 0.29) is 5.91 Å². The molecule has 4 rings (SSSR count). The lowest BCUT2D eigenvalue weighted by Gasteiger charge is -2.08. The van der Waals surface area contributed by atoms with E-state index < -0.39 is 0 Å². The Labute approximate surface area is 111 Å². The predicted molar refractivity (Wildman–Crippen MR) is 71.9 cm³/mol. The van der Waals surface area contributed by atoms with Crippen molar-refractivity contribution < 1.29 is 4.79 Å². The molecule has 92 valence electrons. The molecule has 0 aromatic carbocycles. The van der Waals surface area contributed by atoms with Crippen molar-refractivity contribution in [1.29, 1.82) is 0 Å². The van der Waals surface area contributed by atoms with E-state index in [2.05, 4.69) is 28.5 Å². The average molecular weight is 248 g/mol. The van der Waals surface area contributed by atoms with Crippen molar-refractivity contribution in [2.45, 2.75) is 6.54 Å². The molecule has 0 bridgehead atoms. The third kappa shape index (κ3) is 1.66. The summed E-state index contributed by atoms with van der Waals surface area (Å²) >= 11 is 0. The van der Waals surface area contributed by atoms with Crippen LogP contribution in [0.1, 0.15) is 5.69 Å². The Hall–Kier alpha value is -2.42. The second-order valence-electron chi connectivity index (χ2n) is 4.91. The molecule has 1 aromatic heterocycles.